The molecule has 0 bridgehead atoms. The zero-order valence-electron chi connectivity index (χ0n) is 63.4. The van der Waals surface area contributed by atoms with Crippen LogP contribution in [-0.4, -0.2) is 381 Å². The summed E-state index contributed by atoms with van der Waals surface area (Å²) in [5.74, 6) is -12.9. The fraction of sp³-hybridized carbons (Fsp3) is 0.818. The molecule has 0 aromatic heterocycles. The molecule has 0 aromatic rings. The van der Waals surface area contributed by atoms with E-state index in [0.29, 0.717) is 0 Å². The molecule has 0 aliphatic carbocycles. The van der Waals surface area contributed by atoms with Crippen molar-refractivity contribution in [3.05, 3.63) is 0 Å². The first-order valence-corrected chi connectivity index (χ1v) is 38.2. The number of carboxylic acid groups (broad SMARTS) is 3. The minimum absolute atomic E-state index is 0.0228. The predicted octanol–water partition coefficient (Wildman–Crippen LogP) is -7.77. The molecule has 6 aliphatic rings. The Labute approximate surface area is 669 Å². The van der Waals surface area contributed by atoms with E-state index in [1.807, 2.05) is 0 Å². The summed E-state index contributed by atoms with van der Waals surface area (Å²) in [6.07, 6.45) is -53.4. The summed E-state index contributed by atoms with van der Waals surface area (Å²) >= 11 is 5.07. The number of amides is 3. The number of hydrogen-bond acceptors (Lipinski definition) is 44. The van der Waals surface area contributed by atoms with Crippen LogP contribution in [-0.2, 0) is 158 Å². The topological polar surface area (TPSA) is 678 Å². The van der Waals surface area contributed by atoms with Gasteiger partial charge in [0.2, 0.25) is 30.3 Å². The van der Waals surface area contributed by atoms with Crippen LogP contribution in [0.15, 0.2) is 0 Å². The van der Waals surface area contributed by atoms with Crippen molar-refractivity contribution in [2.45, 2.75) is 270 Å². The monoisotopic (exact) mass is 1720 g/mol. The minimum Gasteiger partial charge on any atom is -0.479 e. The number of nitrogens with one attached hydrogen (secondary N) is 3. The number of carbonyl (C=O) groups excluding carboxylic acids is 9. The quantitative estimate of drug-likeness (QED) is 0.00672. The van der Waals surface area contributed by atoms with Gasteiger partial charge in [-0.1, -0.05) is 6.92 Å². The first-order chi connectivity index (χ1) is 55.0. The molecule has 29 atom stereocenters. The number of aliphatic hydroxyl groups excluding tert-OH is 9. The number of aliphatic hydroxyl groups is 9. The Morgan fingerprint density at radius 2 is 0.784 bits per heavy atom. The van der Waals surface area contributed by atoms with Gasteiger partial charge >= 0.3 is 53.7 Å². The number of thiol groups is 1. The molecular weight excluding hydrogens is 1620 g/mol. The Bertz CT molecular complexity index is 3210. The Hall–Kier alpha value is -6.62. The SMILES string of the molecule is CCC(=O)OCCOC(=O)CCC(=O)OC[C@@H]1O[C@@H](O[C@H]2C(C(=O)O)OC(OOC3C[C@H](NC(C)=O)[C@H](O[C@H]4C(C(=O)O)OC(C)C(O)C4O)O[C@H]3COC(=O)CCC(=O)OCCOC(=O)CCSCC(O)C(O)CS)C(O)C2O)[C@@H](NC(C)=O)C[C@@H]1OOC1OC(C(=O)O)[C@H](O[C@@H]2O[C@@H](CO)C(OOC)CC2NC(C)=O)C(O)C1O. The highest BCUT2D eigenvalue weighted by atomic mass is 32.2. The van der Waals surface area contributed by atoms with Crippen molar-refractivity contribution in [3.8, 4) is 0 Å². The normalized spacial score (nSPS) is 33.8. The van der Waals surface area contributed by atoms with Crippen LogP contribution in [0.5, 0.6) is 0 Å². The average Bonchev–Trinajstić information content (AvgIpc) is 0.786. The van der Waals surface area contributed by atoms with Crippen LogP contribution in [0.3, 0.4) is 0 Å². The maximum Gasteiger partial charge on any atom is 0.335 e. The van der Waals surface area contributed by atoms with Gasteiger partial charge in [-0.25, -0.2) is 43.7 Å². The molecule has 116 heavy (non-hydrogen) atoms. The summed E-state index contributed by atoms with van der Waals surface area (Å²) in [4.78, 5) is 184. The summed E-state index contributed by atoms with van der Waals surface area (Å²) in [5, 5.41) is 137. The van der Waals surface area contributed by atoms with Gasteiger partial charge in [0.1, 0.15) is 131 Å². The second-order valence-electron chi connectivity index (χ2n) is 26.8. The van der Waals surface area contributed by atoms with Crippen LogP contribution in [0.25, 0.3) is 0 Å². The van der Waals surface area contributed by atoms with Crippen molar-refractivity contribution in [3.63, 3.8) is 0 Å². The molecule has 15 N–H and O–H groups in total. The molecule has 17 unspecified atom stereocenters. The number of ether oxygens (including phenoxy) is 15. The van der Waals surface area contributed by atoms with Crippen LogP contribution < -0.4 is 16.0 Å². The molecule has 0 saturated carbocycles. The summed E-state index contributed by atoms with van der Waals surface area (Å²) in [6.45, 7) is 1.78. The zero-order chi connectivity index (χ0) is 85.8. The van der Waals surface area contributed by atoms with Crippen molar-refractivity contribution in [2.75, 3.05) is 70.6 Å². The molecule has 6 fully saturated rings. The largest absolute Gasteiger partial charge is 0.479 e. The second kappa shape index (κ2) is 48.6. The van der Waals surface area contributed by atoms with Crippen LogP contribution in [0.1, 0.15) is 92.4 Å². The minimum atomic E-state index is -2.48. The van der Waals surface area contributed by atoms with Gasteiger partial charge in [0.05, 0.1) is 82.3 Å². The summed E-state index contributed by atoms with van der Waals surface area (Å²) < 4.78 is 83.1. The third-order valence-electron chi connectivity index (χ3n) is 18.0. The van der Waals surface area contributed by atoms with Gasteiger partial charge in [-0.15, -0.1) is 0 Å². The highest BCUT2D eigenvalue weighted by Crippen LogP contribution is 2.37. The number of carbonyl (C=O) groups is 12. The van der Waals surface area contributed by atoms with Gasteiger partial charge in [0.15, 0.2) is 37.2 Å². The van der Waals surface area contributed by atoms with Crippen LogP contribution >= 0.6 is 24.4 Å². The molecule has 0 radical (unpaired) electrons. The van der Waals surface area contributed by atoms with E-state index in [1.54, 1.807) is 0 Å². The molecule has 0 spiro atoms. The Kier molecular flexibility index (Phi) is 41.1. The molecule has 6 heterocycles. The van der Waals surface area contributed by atoms with Crippen LogP contribution in [0.4, 0.5) is 0 Å². The Morgan fingerprint density at radius 1 is 0.440 bits per heavy atom. The highest BCUT2D eigenvalue weighted by molar-refractivity contribution is 7.99. The van der Waals surface area contributed by atoms with Crippen LogP contribution in [0.2, 0.25) is 0 Å². The Morgan fingerprint density at radius 3 is 1.14 bits per heavy atom. The van der Waals surface area contributed by atoms with Gasteiger partial charge in [-0.05, 0) is 6.92 Å². The van der Waals surface area contributed by atoms with E-state index in [2.05, 4.69) is 28.6 Å². The van der Waals surface area contributed by atoms with Gasteiger partial charge < -0.3 is 148 Å². The van der Waals surface area contributed by atoms with E-state index in [1.165, 1.54) is 25.6 Å². The highest BCUT2D eigenvalue weighted by Gasteiger charge is 2.57. The molecule has 3 amide bonds. The average molecular weight is 1720 g/mol. The maximum atomic E-state index is 13.3. The van der Waals surface area contributed by atoms with Crippen molar-refractivity contribution in [1.82, 2.24) is 16.0 Å². The van der Waals surface area contributed by atoms with Gasteiger partial charge in [0, 0.05) is 63.7 Å². The predicted molar refractivity (Wildman–Crippen MR) is 371 cm³/mol. The molecule has 6 saturated heterocycles. The summed E-state index contributed by atoms with van der Waals surface area (Å²) in [6, 6.07) is -4.28. The molecule has 0 aromatic carbocycles. The summed E-state index contributed by atoms with van der Waals surface area (Å²) in [7, 11) is 1.15. The molecule has 6 rings (SSSR count). The number of thioether (sulfide) groups is 1. The first-order valence-electron chi connectivity index (χ1n) is 36.4. The maximum absolute atomic E-state index is 13.3. The van der Waals surface area contributed by atoms with Crippen molar-refractivity contribution < 1.29 is 219 Å². The molecule has 6 aliphatic heterocycles. The lowest BCUT2D eigenvalue weighted by atomic mass is 9.94. The third kappa shape index (κ3) is 30.0. The van der Waals surface area contributed by atoms with E-state index in [4.69, 9.17) is 100 Å². The molecule has 48 nitrogen and oxygen atoms in total. The van der Waals surface area contributed by atoms with E-state index >= 15 is 0 Å². The zero-order valence-corrected chi connectivity index (χ0v) is 65.1. The number of hydrogen-bond donors (Lipinski definition) is 16. The van der Waals surface area contributed by atoms with Crippen molar-refractivity contribution >= 4 is 95.8 Å². The van der Waals surface area contributed by atoms with Gasteiger partial charge in [0.25, 0.3) is 0 Å². The fourth-order valence-corrected chi connectivity index (χ4v) is 13.3. The lowest BCUT2D eigenvalue weighted by Crippen LogP contribution is -2.65. The van der Waals surface area contributed by atoms with Crippen LogP contribution in [0, 0.1) is 0 Å². The molecule has 50 heteroatoms. The van der Waals surface area contributed by atoms with E-state index < -0.39 is 314 Å². The van der Waals surface area contributed by atoms with Gasteiger partial charge in [-0.2, -0.15) is 24.4 Å². The smallest absolute Gasteiger partial charge is 0.335 e. The number of aliphatic carboxylic acids is 3. The Balaban J connectivity index is 1.19. The van der Waals surface area contributed by atoms with E-state index in [-0.39, 0.29) is 56.3 Å². The lowest BCUT2D eigenvalue weighted by molar-refractivity contribution is -0.461. The second-order valence-corrected chi connectivity index (χ2v) is 28.3. The first kappa shape index (κ1) is 98.2. The van der Waals surface area contributed by atoms with E-state index in [9.17, 15) is 119 Å². The molecule has 662 valence electrons. The summed E-state index contributed by atoms with van der Waals surface area (Å²) in [5.41, 5.74) is 0. The molecular formula is C66H101N3O45S2. The third-order valence-corrected chi connectivity index (χ3v) is 19.5. The fourth-order valence-electron chi connectivity index (χ4n) is 12.1. The number of esters is 6. The van der Waals surface area contributed by atoms with Gasteiger partial charge in [-0.3, -0.25) is 43.2 Å². The lowest BCUT2D eigenvalue weighted by Gasteiger charge is -2.46. The van der Waals surface area contributed by atoms with E-state index in [0.717, 1.165) is 27.9 Å². The van der Waals surface area contributed by atoms with Crippen molar-refractivity contribution in [1.29, 1.82) is 0 Å². The standard InChI is InChI=1S/C66H101N3O45S2/c1-7-41(76)95-13-14-96-42(77)8-10-44(79)100-23-40-37(112-113-65-51(86)49(84)54(57(108-65)60(90)91)106-62-30(67-27(3)71)18-35(110-94-6)38(21-70)102-62)20-32(69-29(5)73)64(104-40)107-55-50(85)52(87)66(109-58(55)61(92)93)114-111-36-19-31(68-28(4)72)63(105-53-48(83)47(82)26(2)101-56(53)59(88)89)103-39(36)22-99-45(80)11-9-43(78)97-15-16-98-46(81)12-17-116-25-34(75)33(74)24-115/h26,30-40,47-58,62-66,70,74-75,82-87,115H,7-25H2,1-6H3,(H,67,71)(H,68,72)(H,69,73)(H,88,89)(H,90,91)(H,92,93)/t26?,30?,31-,32-,33?,34?,35?,36?,37-,38-,39-,40-,47?,48?,49?,50?,51?,52?,53+,54+,55+,56?,57?,58?,62-,63-,64-,65?,66?/m0/s1. The van der Waals surface area contributed by atoms with Crippen molar-refractivity contribution in [2.24, 2.45) is 0 Å². The number of rotatable bonds is 45. The number of carboxylic acids is 3.